The zero-order valence-corrected chi connectivity index (χ0v) is 9.15. The number of methoxy groups -OCH3 is 1. The van der Waals surface area contributed by atoms with Crippen molar-refractivity contribution in [1.82, 2.24) is 4.90 Å². The fourth-order valence-corrected chi connectivity index (χ4v) is 1.91. The van der Waals surface area contributed by atoms with E-state index in [1.807, 2.05) is 0 Å². The van der Waals surface area contributed by atoms with Gasteiger partial charge in [-0.3, -0.25) is 4.79 Å². The van der Waals surface area contributed by atoms with Crippen molar-refractivity contribution in [2.45, 2.75) is 12.5 Å². The molecule has 0 saturated carbocycles. The molecule has 0 aliphatic carbocycles. The lowest BCUT2D eigenvalue weighted by atomic mass is 10.2. The predicted molar refractivity (Wildman–Crippen MR) is 57.7 cm³/mol. The van der Waals surface area contributed by atoms with E-state index in [4.69, 9.17) is 4.74 Å². The van der Waals surface area contributed by atoms with E-state index in [9.17, 15) is 9.18 Å². The average molecular weight is 223 g/mol. The first-order valence-corrected chi connectivity index (χ1v) is 5.29. The van der Waals surface area contributed by atoms with Crippen molar-refractivity contribution in [3.05, 3.63) is 35.6 Å². The molecule has 1 fully saturated rings. The molecule has 1 atom stereocenters. The van der Waals surface area contributed by atoms with Gasteiger partial charge in [0.1, 0.15) is 5.82 Å². The molecule has 3 nitrogen and oxygen atoms in total. The number of halogens is 1. The minimum atomic E-state index is -0.464. The lowest BCUT2D eigenvalue weighted by Crippen LogP contribution is -2.30. The third-order valence-corrected chi connectivity index (χ3v) is 2.87. The number of rotatable bonds is 2. The first-order valence-electron chi connectivity index (χ1n) is 5.29. The molecule has 1 amide bonds. The maximum Gasteiger partial charge on any atom is 0.256 e. The van der Waals surface area contributed by atoms with Gasteiger partial charge in [0.15, 0.2) is 0 Å². The van der Waals surface area contributed by atoms with E-state index < -0.39 is 5.82 Å². The third kappa shape index (κ3) is 2.07. The summed E-state index contributed by atoms with van der Waals surface area (Å²) in [6, 6.07) is 6.06. The summed E-state index contributed by atoms with van der Waals surface area (Å²) in [5.41, 5.74) is 0.138. The molecule has 1 heterocycles. The average Bonchev–Trinajstić information content (AvgIpc) is 2.77. The Hall–Kier alpha value is -1.42. The lowest BCUT2D eigenvalue weighted by Gasteiger charge is -2.16. The van der Waals surface area contributed by atoms with Crippen LogP contribution in [0.5, 0.6) is 0 Å². The molecule has 0 bridgehead atoms. The SMILES string of the molecule is COC1CCN(C(=O)c2ccccc2F)C1. The van der Waals surface area contributed by atoms with E-state index in [0.29, 0.717) is 13.1 Å². The van der Waals surface area contributed by atoms with Gasteiger partial charge in [-0.25, -0.2) is 4.39 Å². The summed E-state index contributed by atoms with van der Waals surface area (Å²) in [6.45, 7) is 1.18. The predicted octanol–water partition coefficient (Wildman–Crippen LogP) is 1.69. The zero-order chi connectivity index (χ0) is 11.5. The summed E-state index contributed by atoms with van der Waals surface area (Å²) < 4.78 is 18.6. The van der Waals surface area contributed by atoms with Gasteiger partial charge in [-0.05, 0) is 18.6 Å². The largest absolute Gasteiger partial charge is 0.380 e. The Morgan fingerprint density at radius 2 is 2.25 bits per heavy atom. The third-order valence-electron chi connectivity index (χ3n) is 2.87. The van der Waals surface area contributed by atoms with Crippen molar-refractivity contribution >= 4 is 5.91 Å². The van der Waals surface area contributed by atoms with E-state index in [1.165, 1.54) is 12.1 Å². The summed E-state index contributed by atoms with van der Waals surface area (Å²) >= 11 is 0. The molecular weight excluding hydrogens is 209 g/mol. The van der Waals surface area contributed by atoms with Crippen LogP contribution < -0.4 is 0 Å². The highest BCUT2D eigenvalue weighted by Gasteiger charge is 2.27. The Morgan fingerprint density at radius 3 is 2.88 bits per heavy atom. The van der Waals surface area contributed by atoms with Crippen LogP contribution in [0.1, 0.15) is 16.8 Å². The Morgan fingerprint density at radius 1 is 1.50 bits per heavy atom. The van der Waals surface area contributed by atoms with Gasteiger partial charge in [0.2, 0.25) is 0 Å². The fraction of sp³-hybridized carbons (Fsp3) is 0.417. The van der Waals surface area contributed by atoms with Gasteiger partial charge in [-0.1, -0.05) is 12.1 Å². The molecule has 0 N–H and O–H groups in total. The number of ether oxygens (including phenoxy) is 1. The Labute approximate surface area is 93.8 Å². The van der Waals surface area contributed by atoms with Gasteiger partial charge in [0.25, 0.3) is 5.91 Å². The molecule has 0 radical (unpaired) electrons. The molecule has 1 aliphatic heterocycles. The summed E-state index contributed by atoms with van der Waals surface area (Å²) in [4.78, 5) is 13.6. The number of hydrogen-bond donors (Lipinski definition) is 0. The molecule has 4 heteroatoms. The molecule has 0 aromatic heterocycles. The molecule has 0 spiro atoms. The first kappa shape index (κ1) is 11.1. The van der Waals surface area contributed by atoms with Gasteiger partial charge >= 0.3 is 0 Å². The number of likely N-dealkylation sites (tertiary alicyclic amines) is 1. The quantitative estimate of drug-likeness (QED) is 0.763. The van der Waals surface area contributed by atoms with Crippen molar-refractivity contribution < 1.29 is 13.9 Å². The number of hydrogen-bond acceptors (Lipinski definition) is 2. The summed E-state index contributed by atoms with van der Waals surface area (Å²) in [6.07, 6.45) is 0.896. The number of carbonyl (C=O) groups excluding carboxylic acids is 1. The molecule has 2 rings (SSSR count). The Kier molecular flexibility index (Phi) is 3.19. The van der Waals surface area contributed by atoms with E-state index in [0.717, 1.165) is 6.42 Å². The van der Waals surface area contributed by atoms with Crippen LogP contribution in [0.3, 0.4) is 0 Å². The molecule has 1 aliphatic rings. The van der Waals surface area contributed by atoms with Crippen molar-refractivity contribution in [1.29, 1.82) is 0 Å². The second kappa shape index (κ2) is 4.61. The number of amides is 1. The van der Waals surface area contributed by atoms with Gasteiger partial charge in [-0.2, -0.15) is 0 Å². The molecule has 86 valence electrons. The molecule has 1 unspecified atom stereocenters. The Balaban J connectivity index is 2.12. The van der Waals surface area contributed by atoms with Crippen molar-refractivity contribution in [3.8, 4) is 0 Å². The van der Waals surface area contributed by atoms with Crippen LogP contribution in [-0.2, 0) is 4.74 Å². The monoisotopic (exact) mass is 223 g/mol. The maximum atomic E-state index is 13.4. The van der Waals surface area contributed by atoms with E-state index >= 15 is 0 Å². The summed E-state index contributed by atoms with van der Waals surface area (Å²) in [5, 5.41) is 0. The van der Waals surface area contributed by atoms with Crippen molar-refractivity contribution in [3.63, 3.8) is 0 Å². The van der Waals surface area contributed by atoms with E-state index in [-0.39, 0.29) is 17.6 Å². The molecule has 1 aromatic rings. The minimum Gasteiger partial charge on any atom is -0.380 e. The first-order chi connectivity index (χ1) is 7.72. The highest BCUT2D eigenvalue weighted by atomic mass is 19.1. The second-order valence-electron chi connectivity index (χ2n) is 3.88. The highest BCUT2D eigenvalue weighted by molar-refractivity contribution is 5.94. The molecule has 1 saturated heterocycles. The van der Waals surface area contributed by atoms with Crippen LogP contribution in [0.15, 0.2) is 24.3 Å². The standard InChI is InChI=1S/C12H14FNO2/c1-16-9-6-7-14(8-9)12(15)10-4-2-3-5-11(10)13/h2-5,9H,6-8H2,1H3. The highest BCUT2D eigenvalue weighted by Crippen LogP contribution is 2.17. The van der Waals surface area contributed by atoms with E-state index in [2.05, 4.69) is 0 Å². The number of carbonyl (C=O) groups is 1. The normalized spacial score (nSPS) is 20.1. The number of nitrogens with zero attached hydrogens (tertiary/aromatic N) is 1. The van der Waals surface area contributed by atoms with Crippen molar-refractivity contribution in [2.24, 2.45) is 0 Å². The maximum absolute atomic E-state index is 13.4. The number of benzene rings is 1. The second-order valence-corrected chi connectivity index (χ2v) is 3.88. The Bertz CT molecular complexity index is 394. The van der Waals surface area contributed by atoms with Crippen LogP contribution in [0.4, 0.5) is 4.39 Å². The van der Waals surface area contributed by atoms with Crippen LogP contribution in [0.25, 0.3) is 0 Å². The van der Waals surface area contributed by atoms with Crippen LogP contribution in [-0.4, -0.2) is 37.1 Å². The topological polar surface area (TPSA) is 29.5 Å². The van der Waals surface area contributed by atoms with Gasteiger partial charge in [0.05, 0.1) is 11.7 Å². The minimum absolute atomic E-state index is 0.0794. The lowest BCUT2D eigenvalue weighted by molar-refractivity contribution is 0.0720. The van der Waals surface area contributed by atoms with Gasteiger partial charge in [0, 0.05) is 20.2 Å². The van der Waals surface area contributed by atoms with Gasteiger partial charge in [-0.15, -0.1) is 0 Å². The van der Waals surface area contributed by atoms with Crippen molar-refractivity contribution in [2.75, 3.05) is 20.2 Å². The van der Waals surface area contributed by atoms with Crippen LogP contribution >= 0.6 is 0 Å². The molecule has 16 heavy (non-hydrogen) atoms. The smallest absolute Gasteiger partial charge is 0.256 e. The fourth-order valence-electron chi connectivity index (χ4n) is 1.91. The van der Waals surface area contributed by atoms with Gasteiger partial charge < -0.3 is 9.64 Å². The summed E-state index contributed by atoms with van der Waals surface area (Å²) in [7, 11) is 1.63. The summed E-state index contributed by atoms with van der Waals surface area (Å²) in [5.74, 6) is -0.717. The molecular formula is C12H14FNO2. The molecule has 1 aromatic carbocycles. The van der Waals surface area contributed by atoms with Crippen LogP contribution in [0.2, 0.25) is 0 Å². The zero-order valence-electron chi connectivity index (χ0n) is 9.15. The van der Waals surface area contributed by atoms with E-state index in [1.54, 1.807) is 24.1 Å². The van der Waals surface area contributed by atoms with Crippen LogP contribution in [0, 0.1) is 5.82 Å².